The normalized spacial score (nSPS) is 11.1. The summed E-state index contributed by atoms with van der Waals surface area (Å²) in [4.78, 5) is 24.7. The van der Waals surface area contributed by atoms with Gasteiger partial charge in [0.1, 0.15) is 24.4 Å². The van der Waals surface area contributed by atoms with E-state index < -0.39 is 5.97 Å². The number of methoxy groups -OCH3 is 2. The number of anilines is 1. The number of aromatic nitrogens is 4. The molecule has 0 radical (unpaired) electrons. The standard InChI is InChI=1S/C19H17N5O4S/c1-27-12-7-13(16(28-2)11-6-4-3-5-10(11)12)29-19-23-15-17(20)21-9-22-18(15)24(19)8-14(25)26/h3-7,9H,8H2,1-2H3,(H,25,26)(H2,20,21,22). The average molecular weight is 411 g/mol. The molecule has 0 unspecified atom stereocenters. The molecule has 4 rings (SSSR count). The van der Waals surface area contributed by atoms with Crippen LogP contribution in [0.15, 0.2) is 46.7 Å². The Kier molecular flexibility index (Phi) is 4.85. The summed E-state index contributed by atoms with van der Waals surface area (Å²) in [7, 11) is 3.18. The number of benzene rings is 2. The summed E-state index contributed by atoms with van der Waals surface area (Å²) in [5.74, 6) is 0.471. The van der Waals surface area contributed by atoms with Gasteiger partial charge in [-0.15, -0.1) is 0 Å². The zero-order valence-corrected chi connectivity index (χ0v) is 16.4. The molecule has 0 saturated carbocycles. The van der Waals surface area contributed by atoms with Crippen LogP contribution in [0, 0.1) is 0 Å². The van der Waals surface area contributed by atoms with Gasteiger partial charge in [-0.25, -0.2) is 15.0 Å². The molecule has 0 fully saturated rings. The van der Waals surface area contributed by atoms with Gasteiger partial charge in [-0.3, -0.25) is 9.36 Å². The molecule has 0 amide bonds. The van der Waals surface area contributed by atoms with Crippen molar-refractivity contribution in [2.24, 2.45) is 0 Å². The zero-order chi connectivity index (χ0) is 20.5. The first-order chi connectivity index (χ1) is 14.0. The van der Waals surface area contributed by atoms with Gasteiger partial charge in [-0.05, 0) is 17.8 Å². The Bertz CT molecular complexity index is 1240. The highest BCUT2D eigenvalue weighted by Gasteiger charge is 2.21. The Morgan fingerprint density at radius 3 is 2.66 bits per heavy atom. The number of nitrogen functional groups attached to an aromatic ring is 1. The molecule has 4 aromatic rings. The van der Waals surface area contributed by atoms with Crippen molar-refractivity contribution in [3.05, 3.63) is 36.7 Å². The number of carbonyl (C=O) groups is 1. The number of nitrogens with zero attached hydrogens (tertiary/aromatic N) is 4. The number of aliphatic carboxylic acids is 1. The Morgan fingerprint density at radius 2 is 1.97 bits per heavy atom. The van der Waals surface area contributed by atoms with Gasteiger partial charge in [0.25, 0.3) is 0 Å². The number of ether oxygens (including phenoxy) is 2. The van der Waals surface area contributed by atoms with Crippen molar-refractivity contribution < 1.29 is 19.4 Å². The monoisotopic (exact) mass is 411 g/mol. The third kappa shape index (κ3) is 3.27. The van der Waals surface area contributed by atoms with E-state index in [1.807, 2.05) is 30.3 Å². The molecular weight excluding hydrogens is 394 g/mol. The summed E-state index contributed by atoms with van der Waals surface area (Å²) >= 11 is 1.25. The number of fused-ring (bicyclic) bond motifs is 2. The minimum absolute atomic E-state index is 0.184. The quantitative estimate of drug-likeness (QED) is 0.492. The second kappa shape index (κ2) is 7.47. The molecule has 0 saturated heterocycles. The molecule has 0 bridgehead atoms. The van der Waals surface area contributed by atoms with E-state index in [1.165, 1.54) is 22.7 Å². The first kappa shape index (κ1) is 18.8. The first-order valence-corrected chi connectivity index (χ1v) is 9.35. The number of nitrogens with two attached hydrogens (primary N) is 1. The van der Waals surface area contributed by atoms with Gasteiger partial charge in [0.2, 0.25) is 0 Å². The molecule has 2 heterocycles. The highest BCUT2D eigenvalue weighted by molar-refractivity contribution is 7.99. The number of carboxylic acids is 1. The lowest BCUT2D eigenvalue weighted by Gasteiger charge is -2.14. The Morgan fingerprint density at radius 1 is 1.21 bits per heavy atom. The number of hydrogen-bond acceptors (Lipinski definition) is 8. The van der Waals surface area contributed by atoms with Crippen LogP contribution in [-0.4, -0.2) is 44.8 Å². The van der Waals surface area contributed by atoms with Crippen LogP contribution in [0.1, 0.15) is 0 Å². The lowest BCUT2D eigenvalue weighted by molar-refractivity contribution is -0.137. The van der Waals surface area contributed by atoms with Crippen LogP contribution >= 0.6 is 11.8 Å². The topological polar surface area (TPSA) is 125 Å². The predicted molar refractivity (Wildman–Crippen MR) is 109 cm³/mol. The van der Waals surface area contributed by atoms with Crippen LogP contribution < -0.4 is 15.2 Å². The molecule has 148 valence electrons. The van der Waals surface area contributed by atoms with Crippen molar-refractivity contribution in [2.45, 2.75) is 16.6 Å². The zero-order valence-electron chi connectivity index (χ0n) is 15.6. The van der Waals surface area contributed by atoms with E-state index >= 15 is 0 Å². The van der Waals surface area contributed by atoms with Crippen LogP contribution in [0.5, 0.6) is 11.5 Å². The minimum atomic E-state index is -1.02. The smallest absolute Gasteiger partial charge is 0.323 e. The molecule has 2 aromatic carbocycles. The summed E-state index contributed by atoms with van der Waals surface area (Å²) in [5, 5.41) is 11.5. The third-order valence-corrected chi connectivity index (χ3v) is 5.38. The third-order valence-electron chi connectivity index (χ3n) is 4.37. The number of hydrogen-bond donors (Lipinski definition) is 2. The minimum Gasteiger partial charge on any atom is -0.496 e. The summed E-state index contributed by atoms with van der Waals surface area (Å²) in [5.41, 5.74) is 6.62. The van der Waals surface area contributed by atoms with Crippen LogP contribution in [0.25, 0.3) is 21.9 Å². The van der Waals surface area contributed by atoms with E-state index in [0.29, 0.717) is 27.8 Å². The van der Waals surface area contributed by atoms with Gasteiger partial charge in [-0.1, -0.05) is 24.3 Å². The molecule has 3 N–H and O–H groups in total. The lowest BCUT2D eigenvalue weighted by atomic mass is 10.1. The van der Waals surface area contributed by atoms with Crippen LogP contribution in [0.2, 0.25) is 0 Å². The summed E-state index contributed by atoms with van der Waals surface area (Å²) in [6, 6.07) is 9.55. The van der Waals surface area contributed by atoms with Crippen molar-refractivity contribution in [1.82, 2.24) is 19.5 Å². The molecule has 2 aromatic heterocycles. The Labute approximate surface area is 169 Å². The second-order valence-electron chi connectivity index (χ2n) is 6.06. The van der Waals surface area contributed by atoms with Crippen molar-refractivity contribution in [1.29, 1.82) is 0 Å². The van der Waals surface area contributed by atoms with Crippen LogP contribution in [-0.2, 0) is 11.3 Å². The highest BCUT2D eigenvalue weighted by Crippen LogP contribution is 2.44. The lowest BCUT2D eigenvalue weighted by Crippen LogP contribution is -2.10. The van der Waals surface area contributed by atoms with E-state index in [-0.39, 0.29) is 12.4 Å². The number of carboxylic acid groups (broad SMARTS) is 1. The van der Waals surface area contributed by atoms with Crippen molar-refractivity contribution in [2.75, 3.05) is 20.0 Å². The van der Waals surface area contributed by atoms with Crippen molar-refractivity contribution in [3.63, 3.8) is 0 Å². The largest absolute Gasteiger partial charge is 0.496 e. The maximum absolute atomic E-state index is 11.4. The first-order valence-electron chi connectivity index (χ1n) is 8.53. The predicted octanol–water partition coefficient (Wildman–Crippen LogP) is 2.81. The molecule has 0 aliphatic carbocycles. The fourth-order valence-corrected chi connectivity index (χ4v) is 4.18. The van der Waals surface area contributed by atoms with Crippen molar-refractivity contribution >= 4 is 45.5 Å². The van der Waals surface area contributed by atoms with E-state index in [0.717, 1.165) is 15.7 Å². The van der Waals surface area contributed by atoms with Gasteiger partial charge >= 0.3 is 5.97 Å². The second-order valence-corrected chi connectivity index (χ2v) is 7.07. The molecule has 0 spiro atoms. The summed E-state index contributed by atoms with van der Waals surface area (Å²) in [6.07, 6.45) is 1.28. The van der Waals surface area contributed by atoms with Crippen molar-refractivity contribution in [3.8, 4) is 11.5 Å². The van der Waals surface area contributed by atoms with E-state index in [9.17, 15) is 9.90 Å². The number of rotatable bonds is 6. The SMILES string of the molecule is COc1cc(Sc2nc3c(N)ncnc3n2CC(=O)O)c(OC)c2ccccc12. The fraction of sp³-hybridized carbons (Fsp3) is 0.158. The molecular formula is C19H17N5O4S. The fourth-order valence-electron chi connectivity index (χ4n) is 3.13. The summed E-state index contributed by atoms with van der Waals surface area (Å²) < 4.78 is 12.7. The van der Waals surface area contributed by atoms with Gasteiger partial charge in [0.15, 0.2) is 22.1 Å². The van der Waals surface area contributed by atoms with E-state index in [1.54, 1.807) is 14.2 Å². The van der Waals surface area contributed by atoms with Gasteiger partial charge in [-0.2, -0.15) is 0 Å². The molecule has 9 nitrogen and oxygen atoms in total. The van der Waals surface area contributed by atoms with Crippen LogP contribution in [0.3, 0.4) is 0 Å². The van der Waals surface area contributed by atoms with Gasteiger partial charge < -0.3 is 20.3 Å². The summed E-state index contributed by atoms with van der Waals surface area (Å²) in [6.45, 7) is -0.317. The van der Waals surface area contributed by atoms with E-state index in [2.05, 4.69) is 15.0 Å². The van der Waals surface area contributed by atoms with E-state index in [4.69, 9.17) is 15.2 Å². The van der Waals surface area contributed by atoms with Gasteiger partial charge in [0, 0.05) is 10.8 Å². The highest BCUT2D eigenvalue weighted by atomic mass is 32.2. The molecule has 10 heteroatoms. The van der Waals surface area contributed by atoms with Gasteiger partial charge in [0.05, 0.1) is 19.1 Å². The molecule has 0 aliphatic heterocycles. The molecule has 0 aliphatic rings. The number of imidazole rings is 1. The van der Waals surface area contributed by atoms with Crippen LogP contribution in [0.4, 0.5) is 5.82 Å². The maximum Gasteiger partial charge on any atom is 0.323 e. The Balaban J connectivity index is 1.92. The maximum atomic E-state index is 11.4. The molecule has 29 heavy (non-hydrogen) atoms. The Hall–Kier alpha value is -3.53. The molecule has 0 atom stereocenters. The average Bonchev–Trinajstić information content (AvgIpc) is 3.05.